The molecule has 24 heavy (non-hydrogen) atoms. The zero-order valence-corrected chi connectivity index (χ0v) is 13.9. The molecule has 3 N–H and O–H groups in total. The second kappa shape index (κ2) is 8.31. The van der Waals surface area contributed by atoms with Crippen LogP contribution in [0.4, 0.5) is 0 Å². The highest BCUT2D eigenvalue weighted by molar-refractivity contribution is 6.30. The van der Waals surface area contributed by atoms with Crippen molar-refractivity contribution in [3.63, 3.8) is 0 Å². The molecule has 0 saturated heterocycles. The maximum absolute atomic E-state index is 12.2. The molecule has 126 valence electrons. The second-order valence-electron chi connectivity index (χ2n) is 5.35. The number of hydrogen-bond acceptors (Lipinski definition) is 3. The van der Waals surface area contributed by atoms with Crippen molar-refractivity contribution in [3.05, 3.63) is 69.1 Å². The summed E-state index contributed by atoms with van der Waals surface area (Å²) in [7, 11) is 0. The minimum Gasteiger partial charge on any atom is -0.352 e. The summed E-state index contributed by atoms with van der Waals surface area (Å²) in [6.45, 7) is 1.70. The number of carbonyl (C=O) groups excluding carboxylic acids is 2. The molecule has 6 nitrogen and oxygen atoms in total. The van der Waals surface area contributed by atoms with E-state index in [1.54, 1.807) is 36.5 Å². The number of benzene rings is 1. The molecule has 2 rings (SSSR count). The van der Waals surface area contributed by atoms with E-state index in [0.717, 1.165) is 11.1 Å². The predicted octanol–water partition coefficient (Wildman–Crippen LogP) is 1.91. The number of amides is 2. The zero-order chi connectivity index (χ0) is 17.5. The molecule has 0 aliphatic heterocycles. The van der Waals surface area contributed by atoms with Crippen molar-refractivity contribution in [2.75, 3.05) is 0 Å². The smallest absolute Gasteiger partial charge is 0.247 e. The van der Waals surface area contributed by atoms with Gasteiger partial charge in [0.15, 0.2) is 0 Å². The van der Waals surface area contributed by atoms with E-state index in [1.807, 2.05) is 0 Å². The van der Waals surface area contributed by atoms with Crippen LogP contribution in [0.3, 0.4) is 0 Å². The molecule has 0 saturated carbocycles. The Hall–Kier alpha value is -2.60. The summed E-state index contributed by atoms with van der Waals surface area (Å²) in [4.78, 5) is 37.1. The maximum Gasteiger partial charge on any atom is 0.247 e. The quantitative estimate of drug-likeness (QED) is 0.745. The summed E-state index contributed by atoms with van der Waals surface area (Å²) in [5, 5.41) is 6.11. The lowest BCUT2D eigenvalue weighted by Crippen LogP contribution is -2.32. The van der Waals surface area contributed by atoms with Gasteiger partial charge in [-0.25, -0.2) is 0 Å². The summed E-state index contributed by atoms with van der Waals surface area (Å²) in [5.74, 6) is -0.432. The molecule has 1 aromatic carbocycles. The van der Waals surface area contributed by atoms with Crippen LogP contribution in [-0.2, 0) is 16.1 Å². The lowest BCUT2D eigenvalue weighted by Gasteiger charge is -2.18. The average Bonchev–Trinajstić information content (AvgIpc) is 2.54. The van der Waals surface area contributed by atoms with Crippen molar-refractivity contribution < 1.29 is 9.59 Å². The summed E-state index contributed by atoms with van der Waals surface area (Å²) in [6.07, 6.45) is 1.65. The zero-order valence-electron chi connectivity index (χ0n) is 13.1. The standard InChI is InChI=1S/C17H18ClN3O3/c1-11(22)21-15(13-3-5-14(18)6-4-13)8-17(24)20-10-12-2-7-16(23)19-9-12/h2-7,9,15H,8,10H2,1H3,(H,19,23)(H,20,24)(H,21,22)/t15-/m0/s1. The lowest BCUT2D eigenvalue weighted by atomic mass is 10.0. The average molecular weight is 348 g/mol. The Bertz CT molecular complexity index is 751. The Balaban J connectivity index is 1.98. The number of aromatic nitrogens is 1. The molecular weight excluding hydrogens is 330 g/mol. The maximum atomic E-state index is 12.2. The molecule has 0 bridgehead atoms. The van der Waals surface area contributed by atoms with E-state index in [9.17, 15) is 14.4 Å². The van der Waals surface area contributed by atoms with Gasteiger partial charge < -0.3 is 15.6 Å². The van der Waals surface area contributed by atoms with Gasteiger partial charge in [0.1, 0.15) is 0 Å². The van der Waals surface area contributed by atoms with Crippen LogP contribution in [0.1, 0.15) is 30.5 Å². The van der Waals surface area contributed by atoms with Gasteiger partial charge in [-0.05, 0) is 23.3 Å². The highest BCUT2D eigenvalue weighted by atomic mass is 35.5. The van der Waals surface area contributed by atoms with Crippen LogP contribution < -0.4 is 16.2 Å². The van der Waals surface area contributed by atoms with Gasteiger partial charge in [0.25, 0.3) is 0 Å². The fourth-order valence-electron chi connectivity index (χ4n) is 2.20. The van der Waals surface area contributed by atoms with E-state index in [2.05, 4.69) is 15.6 Å². The Morgan fingerprint density at radius 1 is 1.17 bits per heavy atom. The Morgan fingerprint density at radius 3 is 2.46 bits per heavy atom. The van der Waals surface area contributed by atoms with Gasteiger partial charge >= 0.3 is 0 Å². The molecule has 0 aliphatic carbocycles. The first-order valence-electron chi connectivity index (χ1n) is 7.41. The first-order valence-corrected chi connectivity index (χ1v) is 7.78. The van der Waals surface area contributed by atoms with Gasteiger partial charge in [0, 0.05) is 30.8 Å². The number of pyridine rings is 1. The number of rotatable bonds is 6. The first kappa shape index (κ1) is 17.7. The third kappa shape index (κ3) is 5.55. The Labute approximate surface area is 144 Å². The van der Waals surface area contributed by atoms with Gasteiger partial charge in [-0.1, -0.05) is 29.8 Å². The number of halogens is 1. The van der Waals surface area contributed by atoms with E-state index < -0.39 is 6.04 Å². The van der Waals surface area contributed by atoms with Crippen molar-refractivity contribution in [2.24, 2.45) is 0 Å². The summed E-state index contributed by atoms with van der Waals surface area (Å²) < 4.78 is 0. The molecule has 0 radical (unpaired) electrons. The molecule has 1 aromatic heterocycles. The molecule has 0 unspecified atom stereocenters. The van der Waals surface area contributed by atoms with Crippen molar-refractivity contribution in [3.8, 4) is 0 Å². The van der Waals surface area contributed by atoms with E-state index in [1.165, 1.54) is 13.0 Å². The van der Waals surface area contributed by atoms with Crippen LogP contribution >= 0.6 is 11.6 Å². The van der Waals surface area contributed by atoms with Crippen LogP contribution in [0.2, 0.25) is 5.02 Å². The molecule has 1 atom stereocenters. The van der Waals surface area contributed by atoms with Gasteiger partial charge in [-0.15, -0.1) is 0 Å². The van der Waals surface area contributed by atoms with Crippen molar-refractivity contribution in [1.29, 1.82) is 0 Å². The summed E-state index contributed by atoms with van der Waals surface area (Å²) in [5.41, 5.74) is 1.39. The highest BCUT2D eigenvalue weighted by Crippen LogP contribution is 2.19. The monoisotopic (exact) mass is 347 g/mol. The van der Waals surface area contributed by atoms with Crippen molar-refractivity contribution >= 4 is 23.4 Å². The van der Waals surface area contributed by atoms with Crippen LogP contribution in [-0.4, -0.2) is 16.8 Å². The first-order chi connectivity index (χ1) is 11.4. The number of aromatic amines is 1. The minimum absolute atomic E-state index is 0.102. The van der Waals surface area contributed by atoms with Crippen LogP contribution in [0.15, 0.2) is 47.4 Å². The Morgan fingerprint density at radius 2 is 1.88 bits per heavy atom. The molecule has 0 aliphatic rings. The molecule has 0 spiro atoms. The lowest BCUT2D eigenvalue weighted by molar-refractivity contribution is -0.122. The molecule has 2 aromatic rings. The Kier molecular flexibility index (Phi) is 6.14. The molecule has 0 fully saturated rings. The highest BCUT2D eigenvalue weighted by Gasteiger charge is 2.17. The second-order valence-corrected chi connectivity index (χ2v) is 5.78. The van der Waals surface area contributed by atoms with Crippen molar-refractivity contribution in [1.82, 2.24) is 15.6 Å². The van der Waals surface area contributed by atoms with E-state index in [0.29, 0.717) is 11.6 Å². The van der Waals surface area contributed by atoms with Crippen LogP contribution in [0, 0.1) is 0 Å². The molecule has 1 heterocycles. The molecule has 7 heteroatoms. The number of carbonyl (C=O) groups is 2. The third-order valence-corrected chi connectivity index (χ3v) is 3.63. The number of nitrogens with one attached hydrogen (secondary N) is 3. The topological polar surface area (TPSA) is 91.1 Å². The van der Waals surface area contributed by atoms with Crippen LogP contribution in [0.25, 0.3) is 0 Å². The third-order valence-electron chi connectivity index (χ3n) is 3.38. The molecule has 2 amide bonds. The summed E-state index contributed by atoms with van der Waals surface area (Å²) >= 11 is 5.86. The van der Waals surface area contributed by atoms with E-state index in [4.69, 9.17) is 11.6 Å². The normalized spacial score (nSPS) is 11.6. The summed E-state index contributed by atoms with van der Waals surface area (Å²) in [6, 6.07) is 9.58. The van der Waals surface area contributed by atoms with Crippen LogP contribution in [0.5, 0.6) is 0 Å². The fraction of sp³-hybridized carbons (Fsp3) is 0.235. The fourth-order valence-corrected chi connectivity index (χ4v) is 2.33. The number of hydrogen-bond donors (Lipinski definition) is 3. The van der Waals surface area contributed by atoms with Crippen molar-refractivity contribution in [2.45, 2.75) is 25.9 Å². The largest absolute Gasteiger partial charge is 0.352 e. The van der Waals surface area contributed by atoms with Gasteiger partial charge in [0.05, 0.1) is 12.5 Å². The number of H-pyrrole nitrogens is 1. The minimum atomic E-state index is -0.435. The van der Waals surface area contributed by atoms with Gasteiger partial charge in [0.2, 0.25) is 17.4 Å². The predicted molar refractivity (Wildman–Crippen MR) is 91.5 cm³/mol. The van der Waals surface area contributed by atoms with Gasteiger partial charge in [-0.3, -0.25) is 14.4 Å². The SMILES string of the molecule is CC(=O)N[C@@H](CC(=O)NCc1ccc(=O)[nH]c1)c1ccc(Cl)cc1. The van der Waals surface area contributed by atoms with Gasteiger partial charge in [-0.2, -0.15) is 0 Å². The van der Waals surface area contributed by atoms with E-state index in [-0.39, 0.29) is 23.8 Å². The van der Waals surface area contributed by atoms with E-state index >= 15 is 0 Å². The molecular formula is C17H18ClN3O3.